The van der Waals surface area contributed by atoms with E-state index in [0.717, 1.165) is 12.8 Å². The van der Waals surface area contributed by atoms with Crippen molar-refractivity contribution in [2.45, 2.75) is 45.0 Å². The number of carbonyl (C=O) groups excluding carboxylic acids is 1. The first-order chi connectivity index (χ1) is 12.6. The van der Waals surface area contributed by atoms with Gasteiger partial charge in [0.05, 0.1) is 17.4 Å². The molecule has 1 aliphatic rings. The molecule has 1 saturated heterocycles. The van der Waals surface area contributed by atoms with Crippen LogP contribution in [-0.4, -0.2) is 44.6 Å². The molecule has 148 valence electrons. The number of benzene rings is 1. The molecule has 0 radical (unpaired) electrons. The first-order valence-electron chi connectivity index (χ1n) is 9.02. The summed E-state index contributed by atoms with van der Waals surface area (Å²) in [5, 5.41) is 8.79. The van der Waals surface area contributed by atoms with E-state index in [-0.39, 0.29) is 24.3 Å². The molecule has 1 heterocycles. The predicted molar refractivity (Wildman–Crippen MR) is 102 cm³/mol. The minimum Gasteiger partial charge on any atom is -0.444 e. The molecule has 8 heteroatoms. The van der Waals surface area contributed by atoms with Crippen LogP contribution >= 0.6 is 0 Å². The molecule has 1 aliphatic heterocycles. The molecule has 1 amide bonds. The number of nitrogens with zero attached hydrogens (tertiary/aromatic N) is 2. The third-order valence-corrected chi connectivity index (χ3v) is 5.52. The van der Waals surface area contributed by atoms with Crippen LogP contribution in [0.3, 0.4) is 0 Å². The molecule has 0 aromatic heterocycles. The summed E-state index contributed by atoms with van der Waals surface area (Å²) in [7, 11) is -3.49. The molecule has 0 aliphatic carbocycles. The van der Waals surface area contributed by atoms with E-state index in [1.165, 1.54) is 0 Å². The first kappa shape index (κ1) is 21.2. The van der Waals surface area contributed by atoms with Crippen LogP contribution in [0.5, 0.6) is 0 Å². The van der Waals surface area contributed by atoms with Gasteiger partial charge in [-0.1, -0.05) is 12.1 Å². The van der Waals surface area contributed by atoms with E-state index in [2.05, 4.69) is 4.72 Å². The standard InChI is InChI=1S/C19H27N3O4S/c1-19(2,3)26-18(23)22-10-4-5-17(13-22)12-21-27(24,25)14-16-8-6-15(11-20)7-9-16/h6-9,17,21H,4-5,10,12-14H2,1-3H3/t17-/m1/s1. The van der Waals surface area contributed by atoms with E-state index in [9.17, 15) is 13.2 Å². The molecule has 0 bridgehead atoms. The highest BCUT2D eigenvalue weighted by Crippen LogP contribution is 2.19. The fourth-order valence-corrected chi connectivity index (χ4v) is 4.14. The minimum atomic E-state index is -3.49. The number of sulfonamides is 1. The van der Waals surface area contributed by atoms with Crippen molar-refractivity contribution in [1.82, 2.24) is 9.62 Å². The maximum absolute atomic E-state index is 12.3. The number of hydrogen-bond acceptors (Lipinski definition) is 5. The molecular weight excluding hydrogens is 366 g/mol. The Kier molecular flexibility index (Phi) is 6.84. The molecule has 1 aromatic carbocycles. The van der Waals surface area contributed by atoms with Crippen molar-refractivity contribution in [1.29, 1.82) is 5.26 Å². The van der Waals surface area contributed by atoms with Gasteiger partial charge in [-0.25, -0.2) is 17.9 Å². The van der Waals surface area contributed by atoms with Gasteiger partial charge in [-0.3, -0.25) is 0 Å². The summed E-state index contributed by atoms with van der Waals surface area (Å²) in [5.74, 6) is -0.0803. The Balaban J connectivity index is 1.87. The number of rotatable bonds is 5. The van der Waals surface area contributed by atoms with Crippen LogP contribution < -0.4 is 4.72 Å². The van der Waals surface area contributed by atoms with E-state index in [1.54, 1.807) is 29.2 Å². The first-order valence-corrected chi connectivity index (χ1v) is 10.7. The summed E-state index contributed by atoms with van der Waals surface area (Å²) in [6.45, 7) is 6.87. The van der Waals surface area contributed by atoms with Crippen LogP contribution in [0.25, 0.3) is 0 Å². The normalized spacial score (nSPS) is 18.0. The number of ether oxygens (including phenoxy) is 1. The van der Waals surface area contributed by atoms with Crippen LogP contribution in [-0.2, 0) is 20.5 Å². The van der Waals surface area contributed by atoms with Crippen LogP contribution in [0.2, 0.25) is 0 Å². The van der Waals surface area contributed by atoms with Crippen molar-refractivity contribution in [3.63, 3.8) is 0 Å². The second-order valence-electron chi connectivity index (χ2n) is 7.85. The van der Waals surface area contributed by atoms with Crippen LogP contribution in [0.4, 0.5) is 4.79 Å². The number of amides is 1. The van der Waals surface area contributed by atoms with Crippen LogP contribution in [0.15, 0.2) is 24.3 Å². The summed E-state index contributed by atoms with van der Waals surface area (Å²) >= 11 is 0. The van der Waals surface area contributed by atoms with Crippen molar-refractivity contribution in [3.8, 4) is 6.07 Å². The molecule has 7 nitrogen and oxygen atoms in total. The van der Waals surface area contributed by atoms with Gasteiger partial charge in [0.25, 0.3) is 0 Å². The Morgan fingerprint density at radius 1 is 1.33 bits per heavy atom. The quantitative estimate of drug-likeness (QED) is 0.829. The molecular formula is C19H27N3O4S. The molecule has 0 unspecified atom stereocenters. The van der Waals surface area contributed by atoms with Gasteiger partial charge in [0.15, 0.2) is 0 Å². The number of carbonyl (C=O) groups is 1. The summed E-state index contributed by atoms with van der Waals surface area (Å²) in [4.78, 5) is 13.8. The highest BCUT2D eigenvalue weighted by Gasteiger charge is 2.28. The lowest BCUT2D eigenvalue weighted by Crippen LogP contribution is -2.45. The SMILES string of the molecule is CC(C)(C)OC(=O)N1CCC[C@H](CNS(=O)(=O)Cc2ccc(C#N)cc2)C1. The Morgan fingerprint density at radius 2 is 2.00 bits per heavy atom. The van der Waals surface area contributed by atoms with E-state index in [0.29, 0.717) is 24.2 Å². The smallest absolute Gasteiger partial charge is 0.410 e. The number of likely N-dealkylation sites (tertiary alicyclic amines) is 1. The summed E-state index contributed by atoms with van der Waals surface area (Å²) in [6, 6.07) is 8.49. The lowest BCUT2D eigenvalue weighted by molar-refractivity contribution is 0.0169. The van der Waals surface area contributed by atoms with Crippen molar-refractivity contribution >= 4 is 16.1 Å². The number of nitriles is 1. The molecule has 27 heavy (non-hydrogen) atoms. The van der Waals surface area contributed by atoms with Crippen molar-refractivity contribution in [3.05, 3.63) is 35.4 Å². The number of piperidine rings is 1. The summed E-state index contributed by atoms with van der Waals surface area (Å²) in [5.41, 5.74) is 0.571. The topological polar surface area (TPSA) is 99.5 Å². The van der Waals surface area contributed by atoms with Gasteiger partial charge in [0.2, 0.25) is 10.0 Å². The minimum absolute atomic E-state index is 0.0574. The number of hydrogen-bond donors (Lipinski definition) is 1. The van der Waals surface area contributed by atoms with Crippen molar-refractivity contribution < 1.29 is 17.9 Å². The molecule has 0 saturated carbocycles. The Bertz CT molecular complexity index is 792. The van der Waals surface area contributed by atoms with Crippen LogP contribution in [0.1, 0.15) is 44.7 Å². The Labute approximate surface area is 161 Å². The second-order valence-corrected chi connectivity index (χ2v) is 9.66. The van der Waals surface area contributed by atoms with E-state index in [1.807, 2.05) is 26.8 Å². The van der Waals surface area contributed by atoms with Gasteiger partial charge in [-0.05, 0) is 57.2 Å². The molecule has 1 N–H and O–H groups in total. The van der Waals surface area contributed by atoms with Gasteiger partial charge in [-0.15, -0.1) is 0 Å². The van der Waals surface area contributed by atoms with Crippen LogP contribution in [0, 0.1) is 17.2 Å². The molecule has 2 rings (SSSR count). The van der Waals surface area contributed by atoms with Gasteiger partial charge in [-0.2, -0.15) is 5.26 Å². The molecule has 1 fully saturated rings. The lowest BCUT2D eigenvalue weighted by Gasteiger charge is -2.34. The molecule has 1 atom stereocenters. The zero-order valence-electron chi connectivity index (χ0n) is 16.1. The molecule has 1 aromatic rings. The highest BCUT2D eigenvalue weighted by atomic mass is 32.2. The Morgan fingerprint density at radius 3 is 2.59 bits per heavy atom. The summed E-state index contributed by atoms with van der Waals surface area (Å²) < 4.78 is 32.7. The van der Waals surface area contributed by atoms with E-state index < -0.39 is 15.6 Å². The second kappa shape index (κ2) is 8.72. The predicted octanol–water partition coefficient (Wildman–Crippen LogP) is 2.62. The largest absolute Gasteiger partial charge is 0.444 e. The fraction of sp³-hybridized carbons (Fsp3) is 0.579. The third-order valence-electron chi connectivity index (χ3n) is 4.20. The lowest BCUT2D eigenvalue weighted by atomic mass is 9.99. The zero-order chi connectivity index (χ0) is 20.1. The van der Waals surface area contributed by atoms with Crippen molar-refractivity contribution in [2.75, 3.05) is 19.6 Å². The Hall–Kier alpha value is -2.11. The fourth-order valence-electron chi connectivity index (χ4n) is 2.91. The maximum atomic E-state index is 12.3. The average molecular weight is 394 g/mol. The van der Waals surface area contributed by atoms with Crippen molar-refractivity contribution in [2.24, 2.45) is 5.92 Å². The molecule has 0 spiro atoms. The zero-order valence-corrected chi connectivity index (χ0v) is 16.9. The highest BCUT2D eigenvalue weighted by molar-refractivity contribution is 7.88. The maximum Gasteiger partial charge on any atom is 0.410 e. The van der Waals surface area contributed by atoms with Gasteiger partial charge in [0.1, 0.15) is 5.60 Å². The van der Waals surface area contributed by atoms with Gasteiger partial charge < -0.3 is 9.64 Å². The van der Waals surface area contributed by atoms with Gasteiger partial charge >= 0.3 is 6.09 Å². The number of nitrogens with one attached hydrogen (secondary N) is 1. The average Bonchev–Trinajstić information content (AvgIpc) is 2.59. The monoisotopic (exact) mass is 393 g/mol. The van der Waals surface area contributed by atoms with E-state index >= 15 is 0 Å². The summed E-state index contributed by atoms with van der Waals surface area (Å²) in [6.07, 6.45) is 1.33. The van der Waals surface area contributed by atoms with E-state index in [4.69, 9.17) is 10.00 Å². The third kappa shape index (κ3) is 7.19. The van der Waals surface area contributed by atoms with Gasteiger partial charge in [0, 0.05) is 19.6 Å².